The Morgan fingerprint density at radius 2 is 1.95 bits per heavy atom. The monoisotopic (exact) mass is 271 g/mol. The van der Waals surface area contributed by atoms with Crippen molar-refractivity contribution in [3.05, 3.63) is 35.4 Å². The SMILES string of the molecule is CC(C)(CC(=O)NCc1cc(F)ccc1F)C(=O)O. The van der Waals surface area contributed by atoms with E-state index in [-0.39, 0.29) is 18.5 Å². The van der Waals surface area contributed by atoms with Crippen LogP contribution >= 0.6 is 0 Å². The van der Waals surface area contributed by atoms with Gasteiger partial charge in [0.05, 0.1) is 5.41 Å². The van der Waals surface area contributed by atoms with Crippen LogP contribution in [-0.2, 0) is 16.1 Å². The van der Waals surface area contributed by atoms with E-state index in [2.05, 4.69) is 5.32 Å². The number of carbonyl (C=O) groups is 2. The van der Waals surface area contributed by atoms with Crippen LogP contribution in [0.1, 0.15) is 25.8 Å². The normalized spacial score (nSPS) is 11.2. The van der Waals surface area contributed by atoms with Gasteiger partial charge in [-0.2, -0.15) is 0 Å². The van der Waals surface area contributed by atoms with E-state index < -0.39 is 28.9 Å². The Bertz CT molecular complexity index is 501. The van der Waals surface area contributed by atoms with Crippen molar-refractivity contribution in [2.75, 3.05) is 0 Å². The number of halogens is 2. The molecule has 0 fully saturated rings. The third-order valence-electron chi connectivity index (χ3n) is 2.67. The van der Waals surface area contributed by atoms with Crippen molar-refractivity contribution in [2.24, 2.45) is 5.41 Å². The highest BCUT2D eigenvalue weighted by Gasteiger charge is 2.30. The smallest absolute Gasteiger partial charge is 0.309 e. The molecule has 0 radical (unpaired) electrons. The molecule has 0 aliphatic heterocycles. The molecule has 0 saturated heterocycles. The van der Waals surface area contributed by atoms with E-state index in [1.807, 2.05) is 0 Å². The van der Waals surface area contributed by atoms with Crippen LogP contribution in [0, 0.1) is 17.0 Å². The average molecular weight is 271 g/mol. The number of nitrogens with one attached hydrogen (secondary N) is 1. The lowest BCUT2D eigenvalue weighted by Gasteiger charge is -2.18. The summed E-state index contributed by atoms with van der Waals surface area (Å²) >= 11 is 0. The molecule has 0 aliphatic rings. The first kappa shape index (κ1) is 15.1. The standard InChI is InChI=1S/C13H15F2NO3/c1-13(2,12(18)19)6-11(17)16-7-8-5-9(14)3-4-10(8)15/h3-5H,6-7H2,1-2H3,(H,16,17)(H,18,19). The molecular weight excluding hydrogens is 256 g/mol. The van der Waals surface area contributed by atoms with Gasteiger partial charge >= 0.3 is 5.97 Å². The Labute approximate surface area is 109 Å². The molecule has 0 unspecified atom stereocenters. The van der Waals surface area contributed by atoms with Crippen molar-refractivity contribution < 1.29 is 23.5 Å². The molecule has 0 spiro atoms. The molecule has 0 aromatic heterocycles. The van der Waals surface area contributed by atoms with E-state index in [9.17, 15) is 18.4 Å². The zero-order valence-electron chi connectivity index (χ0n) is 10.7. The minimum Gasteiger partial charge on any atom is -0.481 e. The molecular formula is C13H15F2NO3. The molecule has 0 bridgehead atoms. The molecule has 4 nitrogen and oxygen atoms in total. The highest BCUT2D eigenvalue weighted by atomic mass is 19.1. The molecule has 1 aromatic carbocycles. The van der Waals surface area contributed by atoms with Crippen LogP contribution in [0.25, 0.3) is 0 Å². The van der Waals surface area contributed by atoms with Crippen LogP contribution in [-0.4, -0.2) is 17.0 Å². The van der Waals surface area contributed by atoms with Gasteiger partial charge in [0, 0.05) is 18.5 Å². The molecule has 2 N–H and O–H groups in total. The lowest BCUT2D eigenvalue weighted by atomic mass is 9.89. The Morgan fingerprint density at radius 3 is 2.53 bits per heavy atom. The van der Waals surface area contributed by atoms with E-state index in [0.29, 0.717) is 0 Å². The zero-order chi connectivity index (χ0) is 14.6. The van der Waals surface area contributed by atoms with Crippen LogP contribution in [0.4, 0.5) is 8.78 Å². The van der Waals surface area contributed by atoms with Gasteiger partial charge in [0.2, 0.25) is 5.91 Å². The number of hydrogen-bond donors (Lipinski definition) is 2. The fourth-order valence-corrected chi connectivity index (χ4v) is 1.41. The summed E-state index contributed by atoms with van der Waals surface area (Å²) < 4.78 is 26.2. The minimum absolute atomic E-state index is 0.0153. The fraction of sp³-hybridized carbons (Fsp3) is 0.385. The minimum atomic E-state index is -1.20. The summed E-state index contributed by atoms with van der Waals surface area (Å²) in [6.45, 7) is 2.65. The third kappa shape index (κ3) is 4.31. The lowest BCUT2D eigenvalue weighted by Crippen LogP contribution is -2.33. The average Bonchev–Trinajstić information content (AvgIpc) is 2.29. The first-order valence-corrected chi connectivity index (χ1v) is 5.66. The van der Waals surface area contributed by atoms with Gasteiger partial charge in [0.15, 0.2) is 0 Å². The number of carboxylic acids is 1. The van der Waals surface area contributed by atoms with Gasteiger partial charge in [0.1, 0.15) is 11.6 Å². The van der Waals surface area contributed by atoms with Gasteiger partial charge in [-0.25, -0.2) is 8.78 Å². The Hall–Kier alpha value is -1.98. The molecule has 1 rings (SSSR count). The van der Waals surface area contributed by atoms with Crippen molar-refractivity contribution >= 4 is 11.9 Å². The number of carboxylic acid groups (broad SMARTS) is 1. The second-order valence-electron chi connectivity index (χ2n) is 4.88. The van der Waals surface area contributed by atoms with Crippen molar-refractivity contribution in [1.82, 2.24) is 5.32 Å². The maximum absolute atomic E-state index is 13.3. The summed E-state index contributed by atoms with van der Waals surface area (Å²) in [6.07, 6.45) is -0.237. The Balaban J connectivity index is 2.60. The second-order valence-corrected chi connectivity index (χ2v) is 4.88. The summed E-state index contributed by atoms with van der Waals surface area (Å²) in [5.41, 5.74) is -1.19. The predicted molar refractivity (Wildman–Crippen MR) is 64.2 cm³/mol. The molecule has 6 heteroatoms. The quantitative estimate of drug-likeness (QED) is 0.861. The number of benzene rings is 1. The van der Waals surface area contributed by atoms with Crippen LogP contribution in [0.3, 0.4) is 0 Å². The first-order chi connectivity index (χ1) is 8.72. The zero-order valence-corrected chi connectivity index (χ0v) is 10.7. The largest absolute Gasteiger partial charge is 0.481 e. The number of carbonyl (C=O) groups excluding carboxylic acids is 1. The molecule has 104 valence electrons. The van der Waals surface area contributed by atoms with E-state index in [0.717, 1.165) is 18.2 Å². The summed E-state index contributed by atoms with van der Waals surface area (Å²) in [6, 6.07) is 2.93. The van der Waals surface area contributed by atoms with Crippen LogP contribution in [0.15, 0.2) is 18.2 Å². The number of hydrogen-bond acceptors (Lipinski definition) is 2. The van der Waals surface area contributed by atoms with E-state index in [1.54, 1.807) is 0 Å². The van der Waals surface area contributed by atoms with Gasteiger partial charge in [-0.05, 0) is 32.0 Å². The van der Waals surface area contributed by atoms with Gasteiger partial charge in [0.25, 0.3) is 0 Å². The van der Waals surface area contributed by atoms with Gasteiger partial charge in [-0.3, -0.25) is 9.59 Å². The topological polar surface area (TPSA) is 66.4 Å². The number of rotatable bonds is 5. The van der Waals surface area contributed by atoms with Crippen molar-refractivity contribution in [3.63, 3.8) is 0 Å². The fourth-order valence-electron chi connectivity index (χ4n) is 1.41. The predicted octanol–water partition coefficient (Wildman–Crippen LogP) is 2.08. The Kier molecular flexibility index (Phi) is 4.58. The molecule has 0 saturated carbocycles. The number of amides is 1. The molecule has 0 aliphatic carbocycles. The van der Waals surface area contributed by atoms with Crippen LogP contribution in [0.5, 0.6) is 0 Å². The van der Waals surface area contributed by atoms with Gasteiger partial charge in [-0.1, -0.05) is 0 Å². The first-order valence-electron chi connectivity index (χ1n) is 5.66. The summed E-state index contributed by atoms with van der Waals surface area (Å²) in [4.78, 5) is 22.4. The van der Waals surface area contributed by atoms with Crippen molar-refractivity contribution in [3.8, 4) is 0 Å². The second kappa shape index (κ2) is 5.77. The number of aliphatic carboxylic acids is 1. The lowest BCUT2D eigenvalue weighted by molar-refractivity contribution is -0.149. The Morgan fingerprint density at radius 1 is 1.32 bits per heavy atom. The van der Waals surface area contributed by atoms with E-state index >= 15 is 0 Å². The molecule has 0 heterocycles. The van der Waals surface area contributed by atoms with Crippen molar-refractivity contribution in [2.45, 2.75) is 26.8 Å². The highest BCUT2D eigenvalue weighted by molar-refractivity contribution is 5.84. The van der Waals surface area contributed by atoms with E-state index in [1.165, 1.54) is 13.8 Å². The molecule has 1 aromatic rings. The molecule has 19 heavy (non-hydrogen) atoms. The summed E-state index contributed by atoms with van der Waals surface area (Å²) in [5.74, 6) is -2.86. The maximum atomic E-state index is 13.3. The van der Waals surface area contributed by atoms with Crippen LogP contribution < -0.4 is 5.32 Å². The third-order valence-corrected chi connectivity index (χ3v) is 2.67. The molecule has 1 amide bonds. The van der Waals surface area contributed by atoms with Crippen molar-refractivity contribution in [1.29, 1.82) is 0 Å². The summed E-state index contributed by atoms with van der Waals surface area (Å²) in [5, 5.41) is 11.2. The van der Waals surface area contributed by atoms with E-state index in [4.69, 9.17) is 5.11 Å². The summed E-state index contributed by atoms with van der Waals surface area (Å²) in [7, 11) is 0. The molecule has 0 atom stereocenters. The van der Waals surface area contributed by atoms with Gasteiger partial charge in [-0.15, -0.1) is 0 Å². The maximum Gasteiger partial charge on any atom is 0.309 e. The van der Waals surface area contributed by atoms with Gasteiger partial charge < -0.3 is 10.4 Å². The van der Waals surface area contributed by atoms with Crippen LogP contribution in [0.2, 0.25) is 0 Å². The highest BCUT2D eigenvalue weighted by Crippen LogP contribution is 2.20.